The predicted molar refractivity (Wildman–Crippen MR) is 68.7 cm³/mol. The second-order valence-corrected chi connectivity index (χ2v) is 6.26. The summed E-state index contributed by atoms with van der Waals surface area (Å²) in [5, 5.41) is 13.2. The second-order valence-electron chi connectivity index (χ2n) is 6.26. The molecule has 0 aromatic rings. The summed E-state index contributed by atoms with van der Waals surface area (Å²) in [7, 11) is 0. The Kier molecular flexibility index (Phi) is 2.08. The Hall–Kier alpha value is -1.56. The number of aliphatic hydroxyl groups excluding tert-OH is 1. The fourth-order valence-corrected chi connectivity index (χ4v) is 4.47. The number of piperidine rings is 1. The highest BCUT2D eigenvalue weighted by Crippen LogP contribution is 2.57. The number of carbonyl (C=O) groups excluding carboxylic acids is 1. The average molecular weight is 262 g/mol. The van der Waals surface area contributed by atoms with Crippen LogP contribution < -0.4 is 11.1 Å². The largest absolute Gasteiger partial charge is 0.384 e. The molecule has 4 N–H and O–H groups in total. The normalized spacial score (nSPS) is 47.3. The third-order valence-electron chi connectivity index (χ3n) is 5.18. The molecule has 2 bridgehead atoms. The van der Waals surface area contributed by atoms with Gasteiger partial charge in [-0.3, -0.25) is 4.79 Å². The molecule has 2 aliphatic heterocycles. The molecule has 0 aromatic heterocycles. The molecule has 4 aliphatic rings. The van der Waals surface area contributed by atoms with Gasteiger partial charge >= 0.3 is 0 Å². The number of fused-ring (bicyclic) bond motifs is 1. The molecule has 19 heavy (non-hydrogen) atoms. The number of amidine groups is 1. The Bertz CT molecular complexity index is 503. The number of hydrogen-bond acceptors (Lipinski definition) is 5. The molecule has 6 heteroatoms. The first kappa shape index (κ1) is 11.3. The van der Waals surface area contributed by atoms with Crippen LogP contribution in [0.1, 0.15) is 25.7 Å². The monoisotopic (exact) mass is 262 g/mol. The van der Waals surface area contributed by atoms with Crippen molar-refractivity contribution in [3.63, 3.8) is 0 Å². The molecule has 4 rings (SSSR count). The molecule has 1 amide bonds. The number of nitrogens with zero attached hydrogens (tertiary/aromatic N) is 2. The summed E-state index contributed by atoms with van der Waals surface area (Å²) in [5.41, 5.74) is 5.57. The van der Waals surface area contributed by atoms with Gasteiger partial charge in [0.05, 0.1) is 0 Å². The lowest BCUT2D eigenvalue weighted by molar-refractivity contribution is -0.130. The van der Waals surface area contributed by atoms with Crippen molar-refractivity contribution in [1.82, 2.24) is 10.2 Å². The SMILES string of the molecule is NC1=NC(O)N([C@@H]2CC34C[C@@H](CC(=O)N3)CC24)C=C1. The van der Waals surface area contributed by atoms with Crippen molar-refractivity contribution in [2.45, 2.75) is 43.6 Å². The molecule has 2 saturated carbocycles. The summed E-state index contributed by atoms with van der Waals surface area (Å²) in [5.74, 6) is 1.49. The van der Waals surface area contributed by atoms with Gasteiger partial charge in [-0.1, -0.05) is 0 Å². The molecule has 0 aromatic carbocycles. The smallest absolute Gasteiger partial charge is 0.227 e. The summed E-state index contributed by atoms with van der Waals surface area (Å²) in [6.07, 6.45) is 6.39. The molecule has 1 spiro atoms. The number of hydrogen-bond donors (Lipinski definition) is 3. The summed E-state index contributed by atoms with van der Waals surface area (Å²) in [4.78, 5) is 17.5. The minimum Gasteiger partial charge on any atom is -0.384 e. The molecule has 0 radical (unpaired) electrons. The zero-order chi connectivity index (χ0) is 13.2. The minimum atomic E-state index is -0.886. The van der Waals surface area contributed by atoms with E-state index < -0.39 is 6.35 Å². The van der Waals surface area contributed by atoms with Crippen LogP contribution in [0.25, 0.3) is 0 Å². The first-order valence-corrected chi connectivity index (χ1v) is 6.85. The van der Waals surface area contributed by atoms with Crippen molar-refractivity contribution in [2.75, 3.05) is 0 Å². The van der Waals surface area contributed by atoms with Gasteiger partial charge in [0.2, 0.25) is 12.3 Å². The zero-order valence-corrected chi connectivity index (χ0v) is 10.6. The summed E-state index contributed by atoms with van der Waals surface area (Å²) in [6, 6.07) is 0.256. The van der Waals surface area contributed by atoms with E-state index in [4.69, 9.17) is 5.73 Å². The number of aliphatic imine (C=N–C) groups is 1. The van der Waals surface area contributed by atoms with E-state index >= 15 is 0 Å². The highest BCUT2D eigenvalue weighted by atomic mass is 16.3. The van der Waals surface area contributed by atoms with Gasteiger partial charge in [0.1, 0.15) is 5.84 Å². The number of nitrogens with one attached hydrogen (secondary N) is 1. The molecular formula is C13H18N4O2. The van der Waals surface area contributed by atoms with Gasteiger partial charge in [-0.05, 0) is 31.3 Å². The van der Waals surface area contributed by atoms with Crippen molar-refractivity contribution >= 4 is 11.7 Å². The predicted octanol–water partition coefficient (Wildman–Crippen LogP) is -0.494. The lowest BCUT2D eigenvalue weighted by atomic mass is 9.64. The number of amides is 1. The van der Waals surface area contributed by atoms with Crippen molar-refractivity contribution in [3.05, 3.63) is 12.3 Å². The first-order chi connectivity index (χ1) is 9.07. The van der Waals surface area contributed by atoms with Crippen LogP contribution in [0.3, 0.4) is 0 Å². The van der Waals surface area contributed by atoms with Crippen molar-refractivity contribution < 1.29 is 9.90 Å². The number of rotatable bonds is 1. The van der Waals surface area contributed by atoms with E-state index in [1.165, 1.54) is 0 Å². The number of nitrogens with two attached hydrogens (primary N) is 1. The third-order valence-corrected chi connectivity index (χ3v) is 5.18. The van der Waals surface area contributed by atoms with Gasteiger partial charge < -0.3 is 21.1 Å². The van der Waals surface area contributed by atoms with Gasteiger partial charge in [0, 0.05) is 30.1 Å². The molecule has 5 atom stereocenters. The topological polar surface area (TPSA) is 91.0 Å². The molecule has 2 aliphatic carbocycles. The lowest BCUT2D eigenvalue weighted by Crippen LogP contribution is -2.69. The van der Waals surface area contributed by atoms with E-state index in [1.54, 1.807) is 6.08 Å². The maximum absolute atomic E-state index is 11.7. The van der Waals surface area contributed by atoms with Crippen molar-refractivity contribution in [2.24, 2.45) is 22.6 Å². The van der Waals surface area contributed by atoms with Crippen LogP contribution in [0.15, 0.2) is 17.3 Å². The zero-order valence-electron chi connectivity index (χ0n) is 10.6. The van der Waals surface area contributed by atoms with Crippen LogP contribution in [0.2, 0.25) is 0 Å². The van der Waals surface area contributed by atoms with Crippen LogP contribution in [-0.4, -0.2) is 39.7 Å². The Morgan fingerprint density at radius 1 is 1.53 bits per heavy atom. The average Bonchev–Trinajstić information content (AvgIpc) is 2.52. The second kappa shape index (κ2) is 3.50. The van der Waals surface area contributed by atoms with Gasteiger partial charge in [-0.25, -0.2) is 4.99 Å². The Morgan fingerprint density at radius 3 is 3.16 bits per heavy atom. The van der Waals surface area contributed by atoms with Crippen LogP contribution in [-0.2, 0) is 4.79 Å². The van der Waals surface area contributed by atoms with E-state index in [1.807, 2.05) is 11.1 Å². The number of carbonyl (C=O) groups is 1. The van der Waals surface area contributed by atoms with Crippen molar-refractivity contribution in [1.29, 1.82) is 0 Å². The third kappa shape index (κ3) is 1.46. The van der Waals surface area contributed by atoms with Crippen LogP contribution in [0.5, 0.6) is 0 Å². The van der Waals surface area contributed by atoms with E-state index in [0.29, 0.717) is 24.1 Å². The van der Waals surface area contributed by atoms with E-state index in [0.717, 1.165) is 19.3 Å². The fourth-order valence-electron chi connectivity index (χ4n) is 4.47. The molecule has 102 valence electrons. The van der Waals surface area contributed by atoms with Gasteiger partial charge in [-0.15, -0.1) is 0 Å². The molecule has 6 nitrogen and oxygen atoms in total. The Balaban J connectivity index is 1.55. The van der Waals surface area contributed by atoms with Gasteiger partial charge in [0.25, 0.3) is 0 Å². The van der Waals surface area contributed by atoms with E-state index in [2.05, 4.69) is 10.3 Å². The maximum Gasteiger partial charge on any atom is 0.227 e. The summed E-state index contributed by atoms with van der Waals surface area (Å²) < 4.78 is 0. The first-order valence-electron chi connectivity index (χ1n) is 6.85. The van der Waals surface area contributed by atoms with Gasteiger partial charge in [-0.2, -0.15) is 0 Å². The standard InChI is InChI=1S/C13H18N4O2/c14-10-1-2-17(12(19)15-10)9-6-13-5-7(3-8(9)13)4-11(18)16-13/h1-2,7-9,12,19H,3-6H2,(H2,14,15)(H,16,18)/t7-,8?,9-,12?,13?/m1/s1. The highest BCUT2D eigenvalue weighted by Gasteiger charge is 2.63. The molecule has 1 saturated heterocycles. The summed E-state index contributed by atoms with van der Waals surface area (Å²) in [6.45, 7) is 0. The Morgan fingerprint density at radius 2 is 2.37 bits per heavy atom. The molecular weight excluding hydrogens is 244 g/mol. The Labute approximate surface area is 111 Å². The number of aliphatic hydroxyl groups is 1. The molecule has 3 unspecified atom stereocenters. The van der Waals surface area contributed by atoms with Gasteiger partial charge in [0.15, 0.2) is 0 Å². The van der Waals surface area contributed by atoms with Crippen LogP contribution >= 0.6 is 0 Å². The van der Waals surface area contributed by atoms with Crippen LogP contribution in [0, 0.1) is 11.8 Å². The minimum absolute atomic E-state index is 0.00900. The van der Waals surface area contributed by atoms with Crippen LogP contribution in [0.4, 0.5) is 0 Å². The van der Waals surface area contributed by atoms with E-state index in [9.17, 15) is 9.90 Å². The molecule has 3 fully saturated rings. The van der Waals surface area contributed by atoms with Crippen molar-refractivity contribution in [3.8, 4) is 0 Å². The highest BCUT2D eigenvalue weighted by molar-refractivity contribution is 5.91. The maximum atomic E-state index is 11.7. The quantitative estimate of drug-likeness (QED) is 0.594. The molecule has 2 heterocycles. The summed E-state index contributed by atoms with van der Waals surface area (Å²) >= 11 is 0. The lowest BCUT2D eigenvalue weighted by Gasteiger charge is -2.56. The van der Waals surface area contributed by atoms with E-state index in [-0.39, 0.29) is 17.5 Å². The fraction of sp³-hybridized carbons (Fsp3) is 0.692.